The number of morpholine rings is 1. The van der Waals surface area contributed by atoms with E-state index in [-0.39, 0.29) is 5.91 Å². The number of carbonyl (C=O) groups is 1. The van der Waals surface area contributed by atoms with E-state index in [1.807, 2.05) is 0 Å². The van der Waals surface area contributed by atoms with Crippen molar-refractivity contribution < 1.29 is 9.53 Å². The fourth-order valence-corrected chi connectivity index (χ4v) is 2.16. The van der Waals surface area contributed by atoms with Crippen LogP contribution in [0.4, 0.5) is 5.69 Å². The van der Waals surface area contributed by atoms with Gasteiger partial charge in [-0.2, -0.15) is 0 Å². The van der Waals surface area contributed by atoms with Gasteiger partial charge in [0.05, 0.1) is 24.2 Å². The highest BCUT2D eigenvalue weighted by Crippen LogP contribution is 2.14. The Balaban J connectivity index is 1.84. The van der Waals surface area contributed by atoms with Crippen LogP contribution in [0.3, 0.4) is 0 Å². The van der Waals surface area contributed by atoms with Crippen LogP contribution in [0, 0.1) is 0 Å². The van der Waals surface area contributed by atoms with Crippen LogP contribution in [-0.2, 0) is 9.53 Å². The Labute approximate surface area is 118 Å². The van der Waals surface area contributed by atoms with Crippen molar-refractivity contribution >= 4 is 22.6 Å². The van der Waals surface area contributed by atoms with E-state index in [0.717, 1.165) is 0 Å². The zero-order chi connectivity index (χ0) is 14.8. The van der Waals surface area contributed by atoms with Crippen molar-refractivity contribution in [2.24, 2.45) is 0 Å². The molecule has 1 aromatic heterocycles. The van der Waals surface area contributed by atoms with E-state index >= 15 is 0 Å². The molecular weight excluding hydrogens is 276 g/mol. The summed E-state index contributed by atoms with van der Waals surface area (Å²) >= 11 is 0. The lowest BCUT2D eigenvalue weighted by Gasteiger charge is -2.22. The summed E-state index contributed by atoms with van der Waals surface area (Å²) < 4.78 is 5.23. The standard InChI is InChI=1S/C13H14N4O4/c18-11(10-6-21-4-3-14-10)15-7-1-2-8-9(5-7)17-13(20)12(19)16-8/h1-2,5,10,14H,3-4,6H2,(H,15,18)(H,16,19)(H,17,20). The van der Waals surface area contributed by atoms with Gasteiger partial charge >= 0.3 is 11.1 Å². The van der Waals surface area contributed by atoms with Crippen LogP contribution >= 0.6 is 0 Å². The third-order valence-electron chi connectivity index (χ3n) is 3.23. The van der Waals surface area contributed by atoms with Gasteiger partial charge in [0, 0.05) is 12.2 Å². The van der Waals surface area contributed by atoms with Crippen LogP contribution in [-0.4, -0.2) is 41.7 Å². The molecule has 0 saturated carbocycles. The molecule has 8 heteroatoms. The summed E-state index contributed by atoms with van der Waals surface area (Å²) in [6.07, 6.45) is 0. The molecule has 8 nitrogen and oxygen atoms in total. The number of benzene rings is 1. The number of ether oxygens (including phenoxy) is 1. The van der Waals surface area contributed by atoms with E-state index in [1.54, 1.807) is 18.2 Å². The highest BCUT2D eigenvalue weighted by Gasteiger charge is 2.21. The summed E-state index contributed by atoms with van der Waals surface area (Å²) in [7, 11) is 0. The second-order valence-electron chi connectivity index (χ2n) is 4.74. The molecule has 0 radical (unpaired) electrons. The number of carbonyl (C=O) groups excluding carboxylic acids is 1. The number of hydrogen-bond donors (Lipinski definition) is 4. The van der Waals surface area contributed by atoms with Crippen molar-refractivity contribution in [3.05, 3.63) is 38.9 Å². The highest BCUT2D eigenvalue weighted by molar-refractivity contribution is 5.96. The summed E-state index contributed by atoms with van der Waals surface area (Å²) in [5.74, 6) is -0.208. The quantitative estimate of drug-likeness (QED) is 0.537. The van der Waals surface area contributed by atoms with Crippen molar-refractivity contribution in [2.75, 3.05) is 25.1 Å². The van der Waals surface area contributed by atoms with Gasteiger partial charge in [0.15, 0.2) is 0 Å². The van der Waals surface area contributed by atoms with Gasteiger partial charge in [0.2, 0.25) is 5.91 Å². The Bertz CT molecular complexity index is 789. The molecule has 1 saturated heterocycles. The number of H-pyrrole nitrogens is 2. The molecule has 2 aromatic rings. The van der Waals surface area contributed by atoms with E-state index in [9.17, 15) is 14.4 Å². The van der Waals surface area contributed by atoms with E-state index in [0.29, 0.717) is 36.5 Å². The van der Waals surface area contributed by atoms with Gasteiger partial charge in [-0.1, -0.05) is 0 Å². The molecule has 0 bridgehead atoms. The number of hydrogen-bond acceptors (Lipinski definition) is 5. The molecule has 2 heterocycles. The minimum Gasteiger partial charge on any atom is -0.378 e. The summed E-state index contributed by atoms with van der Waals surface area (Å²) in [5, 5.41) is 5.79. The van der Waals surface area contributed by atoms with E-state index in [2.05, 4.69) is 20.6 Å². The molecule has 1 aromatic carbocycles. The van der Waals surface area contributed by atoms with Crippen LogP contribution in [0.5, 0.6) is 0 Å². The summed E-state index contributed by atoms with van der Waals surface area (Å²) in [6, 6.07) is 4.46. The average molecular weight is 290 g/mol. The van der Waals surface area contributed by atoms with E-state index in [4.69, 9.17) is 4.74 Å². The van der Waals surface area contributed by atoms with Crippen LogP contribution in [0.1, 0.15) is 0 Å². The zero-order valence-electron chi connectivity index (χ0n) is 11.1. The van der Waals surface area contributed by atoms with Gasteiger partial charge in [-0.3, -0.25) is 14.4 Å². The first-order valence-electron chi connectivity index (χ1n) is 6.52. The summed E-state index contributed by atoms with van der Waals surface area (Å²) in [4.78, 5) is 39.5. The number of aromatic nitrogens is 2. The van der Waals surface area contributed by atoms with Crippen molar-refractivity contribution in [3.63, 3.8) is 0 Å². The number of nitrogens with one attached hydrogen (secondary N) is 4. The van der Waals surface area contributed by atoms with Crippen molar-refractivity contribution in [3.8, 4) is 0 Å². The van der Waals surface area contributed by atoms with Crippen molar-refractivity contribution in [1.82, 2.24) is 15.3 Å². The number of aromatic amines is 2. The summed E-state index contributed by atoms with van der Waals surface area (Å²) in [6.45, 7) is 1.54. The third kappa shape index (κ3) is 2.86. The van der Waals surface area contributed by atoms with Crippen LogP contribution in [0.2, 0.25) is 0 Å². The predicted molar refractivity (Wildman–Crippen MR) is 76.4 cm³/mol. The Kier molecular flexibility index (Phi) is 3.55. The number of anilines is 1. The maximum absolute atomic E-state index is 12.0. The lowest BCUT2D eigenvalue weighted by molar-refractivity contribution is -0.120. The Hall–Kier alpha value is -2.45. The Morgan fingerprint density at radius 2 is 1.95 bits per heavy atom. The lowest BCUT2D eigenvalue weighted by Crippen LogP contribution is -2.48. The van der Waals surface area contributed by atoms with Gasteiger partial charge in [-0.15, -0.1) is 0 Å². The van der Waals surface area contributed by atoms with Gasteiger partial charge in [-0.25, -0.2) is 0 Å². The molecule has 21 heavy (non-hydrogen) atoms. The second-order valence-corrected chi connectivity index (χ2v) is 4.74. The Morgan fingerprint density at radius 1 is 1.19 bits per heavy atom. The van der Waals surface area contributed by atoms with Gasteiger partial charge < -0.3 is 25.3 Å². The SMILES string of the molecule is O=C(Nc1ccc2[nH]c(=O)c(=O)[nH]c2c1)C1COCCN1. The van der Waals surface area contributed by atoms with Gasteiger partial charge in [0.1, 0.15) is 6.04 Å². The molecule has 3 rings (SSSR count). The average Bonchev–Trinajstić information content (AvgIpc) is 2.49. The van der Waals surface area contributed by atoms with Crippen LogP contribution in [0.15, 0.2) is 27.8 Å². The molecule has 0 aliphatic carbocycles. The fraction of sp³-hybridized carbons (Fsp3) is 0.308. The first-order chi connectivity index (χ1) is 10.1. The third-order valence-corrected chi connectivity index (χ3v) is 3.23. The van der Waals surface area contributed by atoms with Gasteiger partial charge in [0.25, 0.3) is 0 Å². The molecule has 4 N–H and O–H groups in total. The van der Waals surface area contributed by atoms with Crippen LogP contribution < -0.4 is 21.8 Å². The monoisotopic (exact) mass is 290 g/mol. The van der Waals surface area contributed by atoms with Crippen molar-refractivity contribution in [2.45, 2.75) is 6.04 Å². The maximum atomic E-state index is 12.0. The molecule has 1 aliphatic heterocycles. The second kappa shape index (κ2) is 5.51. The van der Waals surface area contributed by atoms with E-state index < -0.39 is 17.2 Å². The molecule has 1 amide bonds. The zero-order valence-corrected chi connectivity index (χ0v) is 11.1. The summed E-state index contributed by atoms with van der Waals surface area (Å²) in [5.41, 5.74) is 0.0423. The normalized spacial score (nSPS) is 18.6. The number of amides is 1. The molecule has 1 unspecified atom stereocenters. The molecule has 1 atom stereocenters. The molecule has 0 spiro atoms. The lowest BCUT2D eigenvalue weighted by atomic mass is 10.2. The van der Waals surface area contributed by atoms with E-state index in [1.165, 1.54) is 0 Å². The highest BCUT2D eigenvalue weighted by atomic mass is 16.5. The molecule has 1 aliphatic rings. The van der Waals surface area contributed by atoms with Crippen molar-refractivity contribution in [1.29, 1.82) is 0 Å². The first kappa shape index (κ1) is 13.5. The molecule has 110 valence electrons. The first-order valence-corrected chi connectivity index (χ1v) is 6.52. The van der Waals surface area contributed by atoms with Crippen LogP contribution in [0.25, 0.3) is 11.0 Å². The topological polar surface area (TPSA) is 116 Å². The number of fused-ring (bicyclic) bond motifs is 1. The minimum atomic E-state index is -0.728. The number of rotatable bonds is 2. The largest absolute Gasteiger partial charge is 0.378 e. The maximum Gasteiger partial charge on any atom is 0.314 e. The predicted octanol–water partition coefficient (Wildman–Crippen LogP) is -0.857. The van der Waals surface area contributed by atoms with Gasteiger partial charge in [-0.05, 0) is 18.2 Å². The smallest absolute Gasteiger partial charge is 0.314 e. The Morgan fingerprint density at radius 3 is 2.67 bits per heavy atom. The molecular formula is C13H14N4O4. The fourth-order valence-electron chi connectivity index (χ4n) is 2.16. The minimum absolute atomic E-state index is 0.208. The molecule has 1 fully saturated rings.